The predicted molar refractivity (Wildman–Crippen MR) is 226 cm³/mol. The number of nitrogens with zero attached hydrogens (tertiary/aromatic N) is 4. The van der Waals surface area contributed by atoms with Gasteiger partial charge in [0.25, 0.3) is 11.8 Å². The van der Waals surface area contributed by atoms with Crippen molar-refractivity contribution in [2.75, 3.05) is 32.8 Å². The molecule has 4 aliphatic rings. The third-order valence-corrected chi connectivity index (χ3v) is 10.5. The van der Waals surface area contributed by atoms with Crippen molar-refractivity contribution in [3.63, 3.8) is 0 Å². The van der Waals surface area contributed by atoms with Gasteiger partial charge in [-0.2, -0.15) is 0 Å². The predicted octanol–water partition coefficient (Wildman–Crippen LogP) is 8.40. The zero-order valence-electron chi connectivity index (χ0n) is 33.5. The second-order valence-electron chi connectivity index (χ2n) is 15.8. The number of amides is 2. The van der Waals surface area contributed by atoms with Crippen molar-refractivity contribution in [2.45, 2.75) is 57.7 Å². The number of rotatable bonds is 12. The topological polar surface area (TPSA) is 152 Å². The number of carboxylic acids is 1. The lowest BCUT2D eigenvalue weighted by atomic mass is 10.0. The highest BCUT2D eigenvalue weighted by molar-refractivity contribution is 6.06. The van der Waals surface area contributed by atoms with Crippen molar-refractivity contribution in [2.24, 2.45) is 9.98 Å². The molecule has 0 aliphatic carbocycles. The number of ether oxygens (including phenoxy) is 4. The van der Waals surface area contributed by atoms with Crippen LogP contribution in [0.15, 0.2) is 95.2 Å². The lowest BCUT2D eigenvalue weighted by Crippen LogP contribution is -2.32. The summed E-state index contributed by atoms with van der Waals surface area (Å²) in [5, 5.41) is 12.7. The van der Waals surface area contributed by atoms with Crippen molar-refractivity contribution >= 4 is 58.4 Å². The van der Waals surface area contributed by atoms with Crippen LogP contribution in [0.1, 0.15) is 82.2 Å². The van der Waals surface area contributed by atoms with E-state index in [-0.39, 0.29) is 48.2 Å². The Morgan fingerprint density at radius 3 is 1.59 bits per heavy atom. The molecule has 0 saturated carbocycles. The summed E-state index contributed by atoms with van der Waals surface area (Å²) in [5.74, 6) is 0.338. The van der Waals surface area contributed by atoms with E-state index >= 15 is 0 Å². The maximum Gasteiger partial charge on any atom is 0.335 e. The van der Waals surface area contributed by atoms with Gasteiger partial charge in [-0.1, -0.05) is 24.3 Å². The molecule has 4 aromatic rings. The van der Waals surface area contributed by atoms with Crippen LogP contribution in [0.25, 0.3) is 11.1 Å². The third kappa shape index (κ3) is 8.00. The van der Waals surface area contributed by atoms with Crippen LogP contribution >= 0.6 is 0 Å². The van der Waals surface area contributed by atoms with Gasteiger partial charge in [0.05, 0.1) is 67.6 Å². The molecule has 2 atom stereocenters. The molecule has 0 bridgehead atoms. The molecule has 2 amide bonds. The molecule has 4 aliphatic heterocycles. The maximum absolute atomic E-state index is 13.9. The molecule has 13 nitrogen and oxygen atoms in total. The molecule has 0 saturated heterocycles. The number of nitrogens with one attached hydrogen (secondary N) is 1. The molecule has 2 N–H and O–H groups in total. The first-order valence-corrected chi connectivity index (χ1v) is 19.5. The number of aliphatic imine (C=N–C) groups is 2. The number of fused-ring (bicyclic) bond motifs is 4. The number of methoxy groups -OCH3 is 2. The highest BCUT2D eigenvalue weighted by Crippen LogP contribution is 2.42. The normalized spacial score (nSPS) is 17.8. The summed E-state index contributed by atoms with van der Waals surface area (Å²) in [4.78, 5) is 51.7. The van der Waals surface area contributed by atoms with Gasteiger partial charge in [-0.3, -0.25) is 19.6 Å². The quantitative estimate of drug-likeness (QED) is 0.135. The summed E-state index contributed by atoms with van der Waals surface area (Å²) < 4.78 is 23.5. The van der Waals surface area contributed by atoms with Gasteiger partial charge >= 0.3 is 5.97 Å². The summed E-state index contributed by atoms with van der Waals surface area (Å²) in [7, 11) is 3.05. The fourth-order valence-corrected chi connectivity index (χ4v) is 7.59. The van der Waals surface area contributed by atoms with E-state index in [1.54, 1.807) is 70.7 Å². The highest BCUT2D eigenvalue weighted by Gasteiger charge is 2.35. The Hall–Kier alpha value is -6.89. The second kappa shape index (κ2) is 15.8. The largest absolute Gasteiger partial charge is 0.493 e. The van der Waals surface area contributed by atoms with Crippen LogP contribution in [-0.2, 0) is 0 Å². The minimum absolute atomic E-state index is 0.0443. The van der Waals surface area contributed by atoms with E-state index in [1.165, 1.54) is 14.2 Å². The number of anilines is 1. The first-order chi connectivity index (χ1) is 28.4. The number of carbonyl (C=O) groups excluding carboxylic acids is 2. The molecule has 0 radical (unpaired) electrons. The van der Waals surface area contributed by atoms with Crippen LogP contribution in [-0.4, -0.2) is 90.2 Å². The Morgan fingerprint density at radius 1 is 0.712 bits per heavy atom. The fraction of sp³-hybridized carbons (Fsp3) is 0.283. The van der Waals surface area contributed by atoms with E-state index in [1.807, 2.05) is 12.4 Å². The summed E-state index contributed by atoms with van der Waals surface area (Å²) >= 11 is 0. The van der Waals surface area contributed by atoms with Crippen LogP contribution in [0, 0.1) is 0 Å². The van der Waals surface area contributed by atoms with Crippen molar-refractivity contribution in [3.05, 3.63) is 113 Å². The van der Waals surface area contributed by atoms with Gasteiger partial charge in [-0.05, 0) is 79.4 Å². The monoisotopic (exact) mass is 795 g/mol. The van der Waals surface area contributed by atoms with Gasteiger partial charge < -0.3 is 39.2 Å². The van der Waals surface area contributed by atoms with Gasteiger partial charge in [0.2, 0.25) is 0 Å². The van der Waals surface area contributed by atoms with Crippen LogP contribution < -0.4 is 24.3 Å². The molecule has 13 heteroatoms. The van der Waals surface area contributed by atoms with Gasteiger partial charge in [0.15, 0.2) is 23.0 Å². The smallest absolute Gasteiger partial charge is 0.335 e. The second-order valence-corrected chi connectivity index (χ2v) is 15.8. The lowest BCUT2D eigenvalue weighted by molar-refractivity contribution is 0.0695. The SMILES string of the molecule is COc1cc2c(cc1OCCCOc1cc3c(cc1OC)C(=O)N1C=C(c4ccc(C(=O)O)cc4)C[C@H]1C=N3)N=C[C@@H]1CC(c3ccc(NC(C)(C)C)cc3)=CN1C2=O. The Kier molecular flexibility index (Phi) is 10.4. The standard InChI is InChI=1S/C46H45N5O8/c1-46(2,3)49-32-13-11-28(12-14-32)31-18-34-24-48-38-22-42(40(57-5)20-36(38)44(53)51(34)26-31)59-16-6-15-58-41-21-37-35(19-39(41)56-4)43(52)50-25-30(17-33(50)23-47-37)27-7-9-29(10-8-27)45(54)55/h7-14,19-26,33-34,49H,6,15-18H2,1-5H3,(H,54,55)/t33-,34-/m0/s1. The number of aromatic carboxylic acids is 1. The number of hydrogen-bond donors (Lipinski definition) is 2. The Labute approximate surface area is 342 Å². The van der Waals surface area contributed by atoms with Gasteiger partial charge in [0.1, 0.15) is 0 Å². The fourth-order valence-electron chi connectivity index (χ4n) is 7.59. The average molecular weight is 796 g/mol. The van der Waals surface area contributed by atoms with E-state index in [0.29, 0.717) is 64.8 Å². The van der Waals surface area contributed by atoms with E-state index in [4.69, 9.17) is 23.9 Å². The molecule has 0 spiro atoms. The molecule has 8 rings (SSSR count). The first-order valence-electron chi connectivity index (χ1n) is 19.5. The van der Waals surface area contributed by atoms with Gasteiger partial charge in [-0.15, -0.1) is 0 Å². The molecule has 302 valence electrons. The minimum atomic E-state index is -0.993. The molecule has 0 unspecified atom stereocenters. The maximum atomic E-state index is 13.9. The molecule has 0 aromatic heterocycles. The molecule has 4 heterocycles. The Morgan fingerprint density at radius 2 is 1.17 bits per heavy atom. The highest BCUT2D eigenvalue weighted by atomic mass is 16.5. The molecule has 4 aromatic carbocycles. The summed E-state index contributed by atoms with van der Waals surface area (Å²) in [6.45, 7) is 6.92. The summed E-state index contributed by atoms with van der Waals surface area (Å²) in [5.41, 5.74) is 6.86. The van der Waals surface area contributed by atoms with Crippen molar-refractivity contribution < 1.29 is 38.4 Å². The van der Waals surface area contributed by atoms with Crippen LogP contribution in [0.4, 0.5) is 17.1 Å². The molecular weight excluding hydrogens is 751 g/mol. The lowest BCUT2D eigenvalue weighted by Gasteiger charge is -2.22. The number of hydrogen-bond acceptors (Lipinski definition) is 10. The summed E-state index contributed by atoms with van der Waals surface area (Å²) in [6.07, 6.45) is 8.98. The number of carbonyl (C=O) groups is 3. The van der Waals surface area contributed by atoms with E-state index in [9.17, 15) is 19.5 Å². The van der Waals surface area contributed by atoms with Gasteiger partial charge in [-0.25, -0.2) is 4.79 Å². The van der Waals surface area contributed by atoms with Crippen LogP contribution in [0.5, 0.6) is 23.0 Å². The Bertz CT molecular complexity index is 2450. The average Bonchev–Trinajstić information content (AvgIpc) is 3.80. The molecular formula is C46H45N5O8. The zero-order valence-corrected chi connectivity index (χ0v) is 33.5. The van der Waals surface area contributed by atoms with Crippen molar-refractivity contribution in [3.8, 4) is 23.0 Å². The van der Waals surface area contributed by atoms with Crippen LogP contribution in [0.2, 0.25) is 0 Å². The van der Waals surface area contributed by atoms with Gasteiger partial charge in [0, 0.05) is 67.5 Å². The van der Waals surface area contributed by atoms with Crippen molar-refractivity contribution in [1.82, 2.24) is 9.80 Å². The first kappa shape index (κ1) is 39.0. The third-order valence-electron chi connectivity index (χ3n) is 10.5. The van der Waals surface area contributed by atoms with E-state index in [0.717, 1.165) is 28.0 Å². The Balaban J connectivity index is 0.895. The van der Waals surface area contributed by atoms with E-state index < -0.39 is 5.97 Å². The zero-order chi connectivity index (χ0) is 41.4. The minimum Gasteiger partial charge on any atom is -0.493 e. The number of carboxylic acid groups (broad SMARTS) is 1. The van der Waals surface area contributed by atoms with E-state index in [2.05, 4.69) is 55.3 Å². The molecule has 59 heavy (non-hydrogen) atoms. The van der Waals surface area contributed by atoms with Crippen LogP contribution in [0.3, 0.4) is 0 Å². The number of benzene rings is 4. The molecule has 0 fully saturated rings. The van der Waals surface area contributed by atoms with Crippen molar-refractivity contribution in [1.29, 1.82) is 0 Å². The summed E-state index contributed by atoms with van der Waals surface area (Å²) in [6, 6.07) is 21.1.